The smallest absolute Gasteiger partial charge is 0.309 e. The third-order valence-corrected chi connectivity index (χ3v) is 5.69. The number of aliphatic imine (C=N–C) groups is 1. The highest BCUT2D eigenvalue weighted by Crippen LogP contribution is 2.18. The van der Waals surface area contributed by atoms with Gasteiger partial charge in [0.1, 0.15) is 0 Å². The number of carbonyl (C=O) groups is 1. The first kappa shape index (κ1) is 21.7. The number of ether oxygens (including phenoxy) is 1. The van der Waals surface area contributed by atoms with Crippen molar-refractivity contribution in [2.75, 3.05) is 52.6 Å². The highest BCUT2D eigenvalue weighted by molar-refractivity contribution is 7.88. The number of sulfonamides is 1. The molecule has 0 aromatic carbocycles. The third kappa shape index (κ3) is 7.19. The minimum absolute atomic E-state index is 0.0258. The zero-order valence-electron chi connectivity index (χ0n) is 15.8. The summed E-state index contributed by atoms with van der Waals surface area (Å²) in [6, 6.07) is 0. The van der Waals surface area contributed by atoms with Crippen LogP contribution in [0, 0.1) is 5.92 Å². The number of hydrogen-bond donors (Lipinski definition) is 1. The van der Waals surface area contributed by atoms with E-state index >= 15 is 0 Å². The lowest BCUT2D eigenvalue weighted by atomic mass is 9.97. The largest absolute Gasteiger partial charge is 0.466 e. The molecule has 0 amide bonds. The molecule has 0 aromatic rings. The summed E-state index contributed by atoms with van der Waals surface area (Å²) in [5, 5.41) is 3.28. The summed E-state index contributed by atoms with van der Waals surface area (Å²) in [6.45, 7) is 7.21. The van der Waals surface area contributed by atoms with Crippen molar-refractivity contribution in [3.8, 4) is 0 Å². The summed E-state index contributed by atoms with van der Waals surface area (Å²) >= 11 is 0. The maximum atomic E-state index is 11.8. The molecule has 0 bridgehead atoms. The average molecular weight is 377 g/mol. The number of guanidine groups is 1. The van der Waals surface area contributed by atoms with Gasteiger partial charge in [-0.15, -0.1) is 0 Å². The van der Waals surface area contributed by atoms with Gasteiger partial charge in [-0.3, -0.25) is 9.79 Å². The monoisotopic (exact) mass is 376 g/mol. The molecule has 0 atom stereocenters. The molecule has 146 valence electrons. The van der Waals surface area contributed by atoms with E-state index in [0.29, 0.717) is 32.7 Å². The lowest BCUT2D eigenvalue weighted by Gasteiger charge is -2.33. The molecule has 8 nitrogen and oxygen atoms in total. The number of hydrogen-bond acceptors (Lipinski definition) is 5. The third-order valence-electron chi connectivity index (χ3n) is 4.32. The number of nitrogens with one attached hydrogen (secondary N) is 1. The van der Waals surface area contributed by atoms with Crippen LogP contribution in [0.25, 0.3) is 0 Å². The molecule has 1 heterocycles. The van der Waals surface area contributed by atoms with E-state index in [9.17, 15) is 13.2 Å². The maximum absolute atomic E-state index is 11.8. The Morgan fingerprint density at radius 3 is 2.44 bits per heavy atom. The number of piperidine rings is 1. The van der Waals surface area contributed by atoms with Gasteiger partial charge in [0.15, 0.2) is 5.96 Å². The topological polar surface area (TPSA) is 91.3 Å². The normalized spacial score (nSPS) is 17.0. The van der Waals surface area contributed by atoms with Crippen LogP contribution in [0.2, 0.25) is 0 Å². The van der Waals surface area contributed by atoms with Crippen LogP contribution in [-0.2, 0) is 19.6 Å². The van der Waals surface area contributed by atoms with Crippen LogP contribution in [0.3, 0.4) is 0 Å². The lowest BCUT2D eigenvalue weighted by molar-refractivity contribution is -0.149. The number of esters is 1. The van der Waals surface area contributed by atoms with Crippen molar-refractivity contribution in [3.05, 3.63) is 0 Å². The highest BCUT2D eigenvalue weighted by Gasteiger charge is 2.27. The van der Waals surface area contributed by atoms with Gasteiger partial charge in [-0.2, -0.15) is 0 Å². The second-order valence-electron chi connectivity index (χ2n) is 6.10. The summed E-state index contributed by atoms with van der Waals surface area (Å²) in [4.78, 5) is 18.2. The van der Waals surface area contributed by atoms with Crippen molar-refractivity contribution < 1.29 is 17.9 Å². The van der Waals surface area contributed by atoms with Crippen LogP contribution in [0.5, 0.6) is 0 Å². The van der Waals surface area contributed by atoms with Gasteiger partial charge in [-0.05, 0) is 26.2 Å². The first-order chi connectivity index (χ1) is 11.8. The molecule has 0 unspecified atom stereocenters. The Balaban J connectivity index is 2.37. The van der Waals surface area contributed by atoms with Gasteiger partial charge in [0.05, 0.1) is 18.8 Å². The van der Waals surface area contributed by atoms with Gasteiger partial charge in [-0.25, -0.2) is 12.7 Å². The molecule has 0 radical (unpaired) electrons. The van der Waals surface area contributed by atoms with Crippen molar-refractivity contribution in [3.63, 3.8) is 0 Å². The van der Waals surface area contributed by atoms with Gasteiger partial charge >= 0.3 is 5.97 Å². The zero-order valence-corrected chi connectivity index (χ0v) is 16.6. The molecule has 0 saturated carbocycles. The fraction of sp³-hybridized carbons (Fsp3) is 0.875. The first-order valence-electron chi connectivity index (χ1n) is 8.90. The van der Waals surface area contributed by atoms with Gasteiger partial charge in [0, 0.05) is 39.8 Å². The van der Waals surface area contributed by atoms with E-state index in [1.807, 2.05) is 13.8 Å². The molecule has 0 aromatic heterocycles. The Bertz CT molecular complexity index is 542. The molecule has 1 N–H and O–H groups in total. The van der Waals surface area contributed by atoms with Crippen LogP contribution in [0.4, 0.5) is 0 Å². The van der Waals surface area contributed by atoms with Crippen LogP contribution in [0.1, 0.15) is 33.1 Å². The molecular formula is C16H32N4O4S. The molecule has 1 saturated heterocycles. The van der Waals surface area contributed by atoms with Crippen molar-refractivity contribution >= 4 is 22.0 Å². The van der Waals surface area contributed by atoms with Crippen LogP contribution < -0.4 is 5.32 Å². The van der Waals surface area contributed by atoms with Crippen LogP contribution in [-0.4, -0.2) is 82.2 Å². The highest BCUT2D eigenvalue weighted by atomic mass is 32.2. The predicted molar refractivity (Wildman–Crippen MR) is 99.0 cm³/mol. The van der Waals surface area contributed by atoms with Crippen molar-refractivity contribution in [1.29, 1.82) is 0 Å². The molecule has 1 aliphatic heterocycles. The number of rotatable bonds is 8. The van der Waals surface area contributed by atoms with Crippen LogP contribution in [0.15, 0.2) is 4.99 Å². The molecular weight excluding hydrogens is 344 g/mol. The van der Waals surface area contributed by atoms with Crippen LogP contribution >= 0.6 is 0 Å². The SMILES string of the molecule is CCOC(=O)C1CCN(C(=NC)NCCCN(CC)S(C)(=O)=O)CC1. The molecule has 0 spiro atoms. The number of carbonyl (C=O) groups excluding carboxylic acids is 1. The second kappa shape index (κ2) is 10.6. The lowest BCUT2D eigenvalue weighted by Crippen LogP contribution is -2.47. The first-order valence-corrected chi connectivity index (χ1v) is 10.8. The van der Waals surface area contributed by atoms with Gasteiger partial charge in [0.25, 0.3) is 0 Å². The summed E-state index contributed by atoms with van der Waals surface area (Å²) < 4.78 is 29.7. The van der Waals surface area contributed by atoms with E-state index in [1.165, 1.54) is 10.6 Å². The Kier molecular flexibility index (Phi) is 9.20. The average Bonchev–Trinajstić information content (AvgIpc) is 2.57. The second-order valence-corrected chi connectivity index (χ2v) is 8.08. The quantitative estimate of drug-likeness (QED) is 0.287. The summed E-state index contributed by atoms with van der Waals surface area (Å²) in [7, 11) is -1.41. The standard InChI is InChI=1S/C16H32N4O4S/c1-5-20(25(4,22)23)11-7-10-18-16(17-3)19-12-8-14(9-13-19)15(21)24-6-2/h14H,5-13H2,1-4H3,(H,17,18). The van der Waals surface area contributed by atoms with Gasteiger partial charge in [-0.1, -0.05) is 6.92 Å². The van der Waals surface area contributed by atoms with E-state index in [4.69, 9.17) is 4.74 Å². The summed E-state index contributed by atoms with van der Waals surface area (Å²) in [5.74, 6) is 0.664. The number of nitrogens with zero attached hydrogens (tertiary/aromatic N) is 3. The Morgan fingerprint density at radius 1 is 1.32 bits per heavy atom. The van der Waals surface area contributed by atoms with E-state index < -0.39 is 10.0 Å². The predicted octanol–water partition coefficient (Wildman–Crippen LogP) is 0.509. The fourth-order valence-corrected chi connectivity index (χ4v) is 3.86. The van der Waals surface area contributed by atoms with Crippen molar-refractivity contribution in [1.82, 2.24) is 14.5 Å². The molecule has 0 aliphatic carbocycles. The minimum atomic E-state index is -3.14. The number of likely N-dealkylation sites (tertiary alicyclic amines) is 1. The van der Waals surface area contributed by atoms with Gasteiger partial charge < -0.3 is 15.0 Å². The van der Waals surface area contributed by atoms with Crippen molar-refractivity contribution in [2.45, 2.75) is 33.1 Å². The Morgan fingerprint density at radius 2 is 1.96 bits per heavy atom. The zero-order chi connectivity index (χ0) is 18.9. The molecule has 1 fully saturated rings. The Labute approximate surface area is 151 Å². The summed E-state index contributed by atoms with van der Waals surface area (Å²) in [5.41, 5.74) is 0. The van der Waals surface area contributed by atoms with Crippen molar-refractivity contribution in [2.24, 2.45) is 10.9 Å². The van der Waals surface area contributed by atoms with E-state index in [0.717, 1.165) is 31.9 Å². The molecule has 1 aliphatic rings. The minimum Gasteiger partial charge on any atom is -0.466 e. The molecule has 25 heavy (non-hydrogen) atoms. The maximum Gasteiger partial charge on any atom is 0.309 e. The molecule has 9 heteroatoms. The molecule has 1 rings (SSSR count). The van der Waals surface area contributed by atoms with E-state index in [1.54, 1.807) is 7.05 Å². The van der Waals surface area contributed by atoms with Gasteiger partial charge in [0.2, 0.25) is 10.0 Å². The van der Waals surface area contributed by atoms with E-state index in [-0.39, 0.29) is 11.9 Å². The van der Waals surface area contributed by atoms with E-state index in [2.05, 4.69) is 15.2 Å². The fourth-order valence-electron chi connectivity index (χ4n) is 2.93. The Hall–Kier alpha value is -1.35. The summed E-state index contributed by atoms with van der Waals surface area (Å²) in [6.07, 6.45) is 3.46.